The number of imide groups is 2. The van der Waals surface area contributed by atoms with Crippen LogP contribution < -0.4 is 18.9 Å². The summed E-state index contributed by atoms with van der Waals surface area (Å²) in [6, 6.07) is 104. The van der Waals surface area contributed by atoms with Gasteiger partial charge in [-0.1, -0.05) is 330 Å². The lowest BCUT2D eigenvalue weighted by Gasteiger charge is -2.25. The van der Waals surface area contributed by atoms with Crippen molar-refractivity contribution in [3.63, 3.8) is 0 Å². The summed E-state index contributed by atoms with van der Waals surface area (Å²) in [5.74, 6) is -0.480. The Morgan fingerprint density at radius 1 is 0.384 bits per heavy atom. The number of amides is 4. The van der Waals surface area contributed by atoms with Crippen molar-refractivity contribution in [2.45, 2.75) is 70.6 Å². The molecule has 3 N–H and O–H groups in total. The number of phenols is 1. The van der Waals surface area contributed by atoms with Crippen LogP contribution in [-0.4, -0.2) is 80.6 Å². The molecule has 125 heavy (non-hydrogen) atoms. The SMILES string of the molecule is C.O=C(/C=C/c1cc(Br)ccc1OCc1ccccc1)N1C(=O)OC[C@H]1c1ccccc1.O=C(C[C@H](c1ccccc1)c1cc(Br)ccc1OCc1ccccc1)N1C(=O)OC[C@H]1c1ccccc1.O=C(O)/C=C/c1cc(Br)ccc1OCc1ccccc1.O=C(O)C[C@H](c1ccccc1)c1cc(Br)ccc1OCc1ccccc1.O=Cc1cc(Br)ccc1O. The molecule has 18 nitrogen and oxygen atoms in total. The van der Waals surface area contributed by atoms with Crippen molar-refractivity contribution in [2.24, 2.45) is 0 Å². The van der Waals surface area contributed by atoms with Gasteiger partial charge in [0.25, 0.3) is 5.91 Å². The van der Waals surface area contributed by atoms with Crippen molar-refractivity contribution in [3.8, 4) is 28.7 Å². The number of aliphatic carboxylic acids is 2. The lowest BCUT2D eigenvalue weighted by Crippen LogP contribution is -2.35. The maximum atomic E-state index is 13.7. The first-order valence-electron chi connectivity index (χ1n) is 39.0. The topological polar surface area (TPSA) is 242 Å². The zero-order valence-corrected chi connectivity index (χ0v) is 74.5. The average Bonchev–Trinajstić information content (AvgIpc) is 1.21. The van der Waals surface area contributed by atoms with E-state index in [2.05, 4.69) is 79.6 Å². The molecular weight excluding hydrogens is 1910 g/mol. The number of carbonyl (C=O) groups excluding carboxylic acids is 5. The molecule has 0 aliphatic carbocycles. The molecule has 15 rings (SSSR count). The molecule has 4 amide bonds. The number of aldehydes is 1. The Kier molecular flexibility index (Phi) is 37.0. The van der Waals surface area contributed by atoms with E-state index in [1.807, 2.05) is 315 Å². The number of aromatic hydroxyl groups is 1. The van der Waals surface area contributed by atoms with E-state index < -0.39 is 42.1 Å². The van der Waals surface area contributed by atoms with Crippen molar-refractivity contribution in [1.29, 1.82) is 0 Å². The number of rotatable bonds is 27. The van der Waals surface area contributed by atoms with Crippen molar-refractivity contribution < 1.29 is 77.3 Å². The Bertz CT molecular complexity index is 5770. The molecule has 0 spiro atoms. The highest BCUT2D eigenvalue weighted by atomic mass is 79.9. The van der Waals surface area contributed by atoms with E-state index >= 15 is 0 Å². The van der Waals surface area contributed by atoms with Crippen LogP contribution in [0.3, 0.4) is 0 Å². The molecule has 0 saturated carbocycles. The van der Waals surface area contributed by atoms with Gasteiger partial charge in [-0.3, -0.25) is 19.2 Å². The van der Waals surface area contributed by atoms with Gasteiger partial charge in [-0.25, -0.2) is 24.2 Å². The fraction of sp³-hybridized carbons (Fsp3) is 0.127. The van der Waals surface area contributed by atoms with Gasteiger partial charge in [-0.2, -0.15) is 0 Å². The van der Waals surface area contributed by atoms with E-state index in [1.54, 1.807) is 18.2 Å². The summed E-state index contributed by atoms with van der Waals surface area (Å²) in [6.45, 7) is 1.98. The first-order chi connectivity index (χ1) is 60.2. The van der Waals surface area contributed by atoms with Crippen LogP contribution in [0.5, 0.6) is 28.7 Å². The van der Waals surface area contributed by atoms with Gasteiger partial charge >= 0.3 is 24.1 Å². The molecule has 0 radical (unpaired) electrons. The van der Waals surface area contributed by atoms with E-state index in [9.17, 15) is 38.7 Å². The number of halogens is 5. The molecule has 636 valence electrons. The van der Waals surface area contributed by atoms with E-state index in [-0.39, 0.29) is 57.0 Å². The highest BCUT2D eigenvalue weighted by Gasteiger charge is 2.41. The Morgan fingerprint density at radius 3 is 1.06 bits per heavy atom. The van der Waals surface area contributed by atoms with Crippen LogP contribution in [-0.2, 0) is 55.1 Å². The second-order valence-electron chi connectivity index (χ2n) is 27.9. The molecule has 0 bridgehead atoms. The van der Waals surface area contributed by atoms with Crippen LogP contribution >= 0.6 is 79.6 Å². The van der Waals surface area contributed by atoms with Crippen LogP contribution in [0.4, 0.5) is 9.59 Å². The van der Waals surface area contributed by atoms with Gasteiger partial charge in [0.05, 0.1) is 12.0 Å². The fourth-order valence-corrected chi connectivity index (χ4v) is 15.1. The van der Waals surface area contributed by atoms with Gasteiger partial charge in [-0.15, -0.1) is 0 Å². The van der Waals surface area contributed by atoms with Crippen LogP contribution in [0.1, 0.15) is 121 Å². The second kappa shape index (κ2) is 48.9. The average molecular weight is 2000 g/mol. The monoisotopic (exact) mass is 1990 g/mol. The van der Waals surface area contributed by atoms with Gasteiger partial charge in [-0.05, 0) is 148 Å². The van der Waals surface area contributed by atoms with Crippen molar-refractivity contribution in [2.75, 3.05) is 13.2 Å². The third-order valence-corrected chi connectivity index (χ3v) is 21.8. The summed E-state index contributed by atoms with van der Waals surface area (Å²) in [4.78, 5) is 86.2. The minimum absolute atomic E-state index is 0. The molecule has 2 aliphatic heterocycles. The van der Waals surface area contributed by atoms with E-state index in [1.165, 1.54) is 23.1 Å². The number of carboxylic acid groups (broad SMARTS) is 2. The highest BCUT2D eigenvalue weighted by molar-refractivity contribution is 9.11. The lowest BCUT2D eigenvalue weighted by atomic mass is 9.87. The summed E-state index contributed by atoms with van der Waals surface area (Å²) in [6.07, 6.45) is 5.09. The largest absolute Gasteiger partial charge is 0.507 e. The van der Waals surface area contributed by atoms with Gasteiger partial charge in [0.1, 0.15) is 80.5 Å². The molecule has 2 fully saturated rings. The Morgan fingerprint density at radius 2 is 0.696 bits per heavy atom. The van der Waals surface area contributed by atoms with Crippen LogP contribution in [0.2, 0.25) is 0 Å². The number of nitrogens with zero attached hydrogens (tertiary/aromatic N) is 2. The molecule has 13 aromatic carbocycles. The predicted molar refractivity (Wildman–Crippen MR) is 501 cm³/mol. The van der Waals surface area contributed by atoms with Crippen molar-refractivity contribution in [3.05, 3.63) is 440 Å². The molecule has 2 heterocycles. The van der Waals surface area contributed by atoms with Crippen LogP contribution in [0.15, 0.2) is 368 Å². The molecule has 13 aromatic rings. The number of cyclic esters (lactones) is 2. The summed E-state index contributed by atoms with van der Waals surface area (Å²) in [5, 5.41) is 27.1. The zero-order chi connectivity index (χ0) is 87.5. The molecular formula is C102H87Br5N2O16. The standard InChI is InChI=1S/C31H26BrNO4.C25H20BrNO4.C22H19BrO3.C16H13BrO3.C7H5BrO2.CH4/c32-25-16-17-29(36-20-22-10-4-1-5-11-22)27(18-25)26(23-12-6-2-7-13-23)19-30(34)33-28(21-37-31(33)35)24-14-8-3-9-15-24;26-21-12-13-23(30-16-18-7-3-1-4-8-18)20(15-21)11-14-24(28)27-22(17-31-25(27)29)19-9-5-2-6-10-19;23-18-11-12-21(26-15-16-7-3-1-4-8-16)20(13-18)19(14-22(24)25)17-9-5-2-6-10-17;17-14-7-8-15(13(10-14)6-9-16(18)19)20-11-12-4-2-1-3-5-12;8-6-1-2-7(10)5(3-6)4-9;/h1-18,26,28H,19-21H2;1-15,22H,16-17H2;1-13,19H,14-15H2,(H,24,25);1-10H,11H2,(H,18,19);1-4,10H;1H4/b;14-11+;;9-6+;;/t26-,28+;22-;19-;;;/m101.../s1. The fourth-order valence-electron chi connectivity index (χ4n) is 13.2. The maximum absolute atomic E-state index is 13.7. The van der Waals surface area contributed by atoms with E-state index in [0.29, 0.717) is 61.3 Å². The Balaban J connectivity index is 0.000000170. The number of carboxylic acids is 2. The number of hydrogen-bond donors (Lipinski definition) is 3. The summed E-state index contributed by atoms with van der Waals surface area (Å²) in [5.41, 5.74) is 11.3. The maximum Gasteiger partial charge on any atom is 0.417 e. The van der Waals surface area contributed by atoms with Crippen LogP contribution in [0.25, 0.3) is 12.2 Å². The van der Waals surface area contributed by atoms with Crippen molar-refractivity contribution in [1.82, 2.24) is 9.80 Å². The summed E-state index contributed by atoms with van der Waals surface area (Å²) >= 11 is 17.1. The quantitative estimate of drug-likeness (QED) is 0.0320. The first kappa shape index (κ1) is 94.5. The summed E-state index contributed by atoms with van der Waals surface area (Å²) < 4.78 is 38.7. The third-order valence-electron chi connectivity index (χ3n) is 19.3. The Labute approximate surface area is 768 Å². The van der Waals surface area contributed by atoms with Gasteiger partial charge in [0.2, 0.25) is 5.91 Å². The molecule has 2 saturated heterocycles. The molecule has 2 aliphatic rings. The highest BCUT2D eigenvalue weighted by Crippen LogP contribution is 2.41. The number of ether oxygens (including phenoxy) is 6. The minimum Gasteiger partial charge on any atom is -0.507 e. The van der Waals surface area contributed by atoms with Gasteiger partial charge < -0.3 is 43.7 Å². The lowest BCUT2D eigenvalue weighted by molar-refractivity contribution is -0.137. The second-order valence-corrected chi connectivity index (χ2v) is 32.4. The molecule has 23 heteroatoms. The van der Waals surface area contributed by atoms with E-state index in [0.717, 1.165) is 100 Å². The number of phenolic OH excluding ortho intramolecular Hbond substituents is 1. The Hall–Kier alpha value is -12.8. The molecule has 0 unspecified atom stereocenters. The number of carbonyl (C=O) groups is 7. The number of benzene rings is 13. The zero-order valence-electron chi connectivity index (χ0n) is 66.5. The van der Waals surface area contributed by atoms with Crippen LogP contribution in [0, 0.1) is 0 Å². The van der Waals surface area contributed by atoms with Gasteiger partial charge in [0.15, 0.2) is 6.29 Å². The smallest absolute Gasteiger partial charge is 0.417 e. The normalized spacial score (nSPS) is 13.5. The third kappa shape index (κ3) is 28.9. The molecule has 4 atom stereocenters. The number of hydrogen-bond acceptors (Lipinski definition) is 14. The molecule has 0 aromatic heterocycles. The first-order valence-corrected chi connectivity index (χ1v) is 43.0. The summed E-state index contributed by atoms with van der Waals surface area (Å²) in [7, 11) is 0. The van der Waals surface area contributed by atoms with Crippen molar-refractivity contribution >= 4 is 134 Å². The predicted octanol–water partition coefficient (Wildman–Crippen LogP) is 25.4. The van der Waals surface area contributed by atoms with E-state index in [4.69, 9.17) is 38.6 Å². The van der Waals surface area contributed by atoms with Gasteiger partial charge in [0, 0.05) is 75.0 Å². The minimum atomic E-state index is -0.987.